The fraction of sp³-hybridized carbons (Fsp3) is 0.0196. The largest absolute Gasteiger partial charge is 0.545 e. The molecule has 0 saturated heterocycles. The number of para-hydroxylation sites is 4. The van der Waals surface area contributed by atoms with Crippen molar-refractivity contribution in [1.82, 2.24) is 5.32 Å². The Labute approximate surface area is 326 Å². The maximum Gasteiger partial charge on any atom is 0.277 e. The SMILES string of the molecule is c1ccc(C2=NC(c3ccc4[oH+]c5c(-c6cccc7c6oc6ccccc67)cc(-c6cccc7c6oc6ccccc67)cc5c4c3)NC(c3ccccc3)=N2)cc1. The molecule has 57 heavy (non-hydrogen) atoms. The molecule has 12 rings (SSSR count). The lowest BCUT2D eigenvalue weighted by Crippen LogP contribution is -2.33. The second kappa shape index (κ2) is 12.4. The van der Waals surface area contributed by atoms with Gasteiger partial charge in [0.1, 0.15) is 34.3 Å². The van der Waals surface area contributed by atoms with E-state index in [0.717, 1.165) is 111 Å². The van der Waals surface area contributed by atoms with Crippen LogP contribution >= 0.6 is 0 Å². The fourth-order valence-electron chi connectivity index (χ4n) is 8.49. The van der Waals surface area contributed by atoms with Crippen LogP contribution in [0.15, 0.2) is 199 Å². The van der Waals surface area contributed by atoms with Crippen molar-refractivity contribution in [3.05, 3.63) is 193 Å². The van der Waals surface area contributed by atoms with E-state index < -0.39 is 0 Å². The maximum atomic E-state index is 6.63. The van der Waals surface area contributed by atoms with Gasteiger partial charge in [0.15, 0.2) is 5.84 Å². The Morgan fingerprint density at radius 3 is 1.79 bits per heavy atom. The molecule has 3 aromatic heterocycles. The zero-order chi connectivity index (χ0) is 37.5. The van der Waals surface area contributed by atoms with Crippen molar-refractivity contribution in [2.45, 2.75) is 6.17 Å². The minimum Gasteiger partial charge on any atom is -0.545 e. The quantitative estimate of drug-likeness (QED) is 0.179. The minimum absolute atomic E-state index is 0.376. The van der Waals surface area contributed by atoms with Gasteiger partial charge in [-0.1, -0.05) is 133 Å². The van der Waals surface area contributed by atoms with Gasteiger partial charge in [-0.25, -0.2) is 9.98 Å². The molecule has 6 nitrogen and oxygen atoms in total. The van der Waals surface area contributed by atoms with Crippen LogP contribution in [0.1, 0.15) is 22.9 Å². The average Bonchev–Trinajstić information content (AvgIpc) is 3.98. The van der Waals surface area contributed by atoms with Gasteiger partial charge in [0, 0.05) is 49.9 Å². The predicted molar refractivity (Wildman–Crippen MR) is 232 cm³/mol. The van der Waals surface area contributed by atoms with E-state index in [1.165, 1.54) is 0 Å². The third kappa shape index (κ3) is 5.04. The number of nitrogens with one attached hydrogen (secondary N) is 1. The molecule has 0 saturated carbocycles. The van der Waals surface area contributed by atoms with Crippen LogP contribution in [0.4, 0.5) is 0 Å². The van der Waals surface area contributed by atoms with Gasteiger partial charge < -0.3 is 18.6 Å². The van der Waals surface area contributed by atoms with Crippen molar-refractivity contribution in [1.29, 1.82) is 0 Å². The Morgan fingerprint density at radius 2 is 1.07 bits per heavy atom. The summed E-state index contributed by atoms with van der Waals surface area (Å²) in [6.45, 7) is 0. The monoisotopic (exact) mass is 734 g/mol. The minimum atomic E-state index is -0.376. The van der Waals surface area contributed by atoms with Crippen LogP contribution in [0.5, 0.6) is 0 Å². The maximum absolute atomic E-state index is 6.63. The lowest BCUT2D eigenvalue weighted by atomic mass is 9.93. The Kier molecular flexibility index (Phi) is 6.89. The second-order valence-electron chi connectivity index (χ2n) is 14.6. The summed E-state index contributed by atoms with van der Waals surface area (Å²) in [6.07, 6.45) is -0.376. The molecule has 1 aliphatic heterocycles. The first kappa shape index (κ1) is 31.6. The van der Waals surface area contributed by atoms with Gasteiger partial charge in [-0.2, -0.15) is 0 Å². The Bertz CT molecular complexity index is 3440. The summed E-state index contributed by atoms with van der Waals surface area (Å²) >= 11 is 0. The summed E-state index contributed by atoms with van der Waals surface area (Å²) in [7, 11) is 0. The van der Waals surface area contributed by atoms with E-state index >= 15 is 0 Å². The van der Waals surface area contributed by atoms with Crippen molar-refractivity contribution < 1.29 is 13.3 Å². The molecule has 0 radical (unpaired) electrons. The first-order valence-electron chi connectivity index (χ1n) is 19.1. The van der Waals surface area contributed by atoms with Crippen LogP contribution in [-0.4, -0.2) is 11.7 Å². The highest BCUT2D eigenvalue weighted by molar-refractivity contribution is 6.18. The van der Waals surface area contributed by atoms with Crippen molar-refractivity contribution >= 4 is 77.5 Å². The lowest BCUT2D eigenvalue weighted by molar-refractivity contribution is 0.662. The highest BCUT2D eigenvalue weighted by Crippen LogP contribution is 2.45. The Morgan fingerprint density at radius 1 is 0.456 bits per heavy atom. The summed E-state index contributed by atoms with van der Waals surface area (Å²) in [6, 6.07) is 60.6. The molecule has 0 fully saturated rings. The summed E-state index contributed by atoms with van der Waals surface area (Å²) in [5.74, 6) is 1.47. The average molecular weight is 735 g/mol. The molecular formula is C51H32N3O3+. The van der Waals surface area contributed by atoms with Crippen LogP contribution in [0, 0.1) is 0 Å². The van der Waals surface area contributed by atoms with Crippen molar-refractivity contribution in [2.24, 2.45) is 9.98 Å². The van der Waals surface area contributed by atoms with Crippen LogP contribution in [0.3, 0.4) is 0 Å². The van der Waals surface area contributed by atoms with E-state index in [0.29, 0.717) is 5.84 Å². The summed E-state index contributed by atoms with van der Waals surface area (Å²) in [5, 5.41) is 10.1. The molecule has 6 heteroatoms. The van der Waals surface area contributed by atoms with E-state index in [4.69, 9.17) is 23.2 Å². The second-order valence-corrected chi connectivity index (χ2v) is 14.6. The topological polar surface area (TPSA) is 75.8 Å². The Balaban J connectivity index is 1.10. The Hall–Kier alpha value is -7.70. The zero-order valence-electron chi connectivity index (χ0n) is 30.5. The molecule has 0 bridgehead atoms. The van der Waals surface area contributed by atoms with Crippen LogP contribution in [0.2, 0.25) is 0 Å². The molecule has 0 aliphatic carbocycles. The van der Waals surface area contributed by atoms with E-state index in [9.17, 15) is 0 Å². The fourth-order valence-corrected chi connectivity index (χ4v) is 8.49. The molecule has 11 aromatic rings. The summed E-state index contributed by atoms with van der Waals surface area (Å²) in [4.78, 5) is 10.2. The van der Waals surface area contributed by atoms with Gasteiger partial charge in [0.2, 0.25) is 0 Å². The van der Waals surface area contributed by atoms with Crippen molar-refractivity contribution in [3.63, 3.8) is 0 Å². The van der Waals surface area contributed by atoms with Gasteiger partial charge in [-0.3, -0.25) is 0 Å². The highest BCUT2D eigenvalue weighted by Gasteiger charge is 2.27. The summed E-state index contributed by atoms with van der Waals surface area (Å²) in [5.41, 5.74) is 12.3. The van der Waals surface area contributed by atoms with E-state index in [1.54, 1.807) is 0 Å². The van der Waals surface area contributed by atoms with Gasteiger partial charge >= 0.3 is 0 Å². The van der Waals surface area contributed by atoms with Gasteiger partial charge in [0.25, 0.3) is 11.2 Å². The molecule has 0 amide bonds. The highest BCUT2D eigenvalue weighted by atomic mass is 16.3. The summed E-state index contributed by atoms with van der Waals surface area (Å²) < 4.78 is 18.6. The van der Waals surface area contributed by atoms with Crippen molar-refractivity contribution in [2.75, 3.05) is 0 Å². The first-order valence-corrected chi connectivity index (χ1v) is 19.1. The molecule has 1 atom stereocenters. The number of hydrogen-bond acceptors (Lipinski definition) is 5. The number of nitrogens with zero attached hydrogens (tertiary/aromatic N) is 2. The molecule has 1 unspecified atom stereocenters. The third-order valence-corrected chi connectivity index (χ3v) is 11.2. The van der Waals surface area contributed by atoms with E-state index in [1.807, 2.05) is 60.7 Å². The van der Waals surface area contributed by atoms with Gasteiger partial charge in [0.05, 0.1) is 16.3 Å². The molecule has 1 aliphatic rings. The smallest absolute Gasteiger partial charge is 0.277 e. The lowest BCUT2D eigenvalue weighted by Gasteiger charge is -2.23. The number of benzene rings is 8. The normalized spacial score (nSPS) is 14.5. The van der Waals surface area contributed by atoms with E-state index in [-0.39, 0.29) is 6.17 Å². The molecule has 4 heterocycles. The molecule has 8 aromatic carbocycles. The van der Waals surface area contributed by atoms with Crippen LogP contribution in [-0.2, 0) is 0 Å². The molecule has 268 valence electrons. The predicted octanol–water partition coefficient (Wildman–Crippen LogP) is 13.3. The van der Waals surface area contributed by atoms with Crippen LogP contribution in [0.25, 0.3) is 88.1 Å². The van der Waals surface area contributed by atoms with Crippen molar-refractivity contribution in [3.8, 4) is 22.3 Å². The first-order chi connectivity index (χ1) is 28.2. The molecular weight excluding hydrogens is 703 g/mol. The van der Waals surface area contributed by atoms with Crippen LogP contribution < -0.4 is 5.32 Å². The number of furan rings is 3. The number of rotatable bonds is 5. The number of amidine groups is 2. The molecule has 0 spiro atoms. The zero-order valence-corrected chi connectivity index (χ0v) is 30.5. The van der Waals surface area contributed by atoms with E-state index in [2.05, 4.69) is 121 Å². The molecule has 2 N–H and O–H groups in total. The number of fused-ring (bicyclic) bond motifs is 9. The number of aliphatic imine (C=N–C) groups is 2. The standard InChI is InChI=1S/C51H31N3O3/c1-3-13-30(14-4-1)49-52-50(31-15-5-2-6-16-31)54-51(53-49)32-25-26-45-40(27-32)42-29-33(34-19-11-20-37-35-17-7-9-23-43(35)55-46(34)37)28-41(48(42)57-45)39-22-12-21-38-36-18-8-10-24-44(36)56-47(38)39/h1-29,51H,(H,52,53,54)/p+1. The van der Waals surface area contributed by atoms with Gasteiger partial charge in [-0.15, -0.1) is 0 Å². The number of hydrogen-bond donors (Lipinski definition) is 1. The van der Waals surface area contributed by atoms with Gasteiger partial charge in [-0.05, 0) is 47.5 Å². The third-order valence-electron chi connectivity index (χ3n) is 11.2.